The first-order chi connectivity index (χ1) is 14.3. The van der Waals surface area contributed by atoms with Gasteiger partial charge in [-0.05, 0) is 12.2 Å². The molecule has 30 heavy (non-hydrogen) atoms. The SMILES string of the molecule is CC12C=CC=CC1C=C(Nc1c(F)cc(N3C[C@H](CN)OC3=O)cc1F)C(=O)C=C2. The molecule has 1 fully saturated rings. The Balaban J connectivity index is 1.63. The molecule has 1 heterocycles. The summed E-state index contributed by atoms with van der Waals surface area (Å²) >= 11 is 0. The highest BCUT2D eigenvalue weighted by Gasteiger charge is 2.33. The Morgan fingerprint density at radius 3 is 2.63 bits per heavy atom. The Bertz CT molecular complexity index is 1010. The van der Waals surface area contributed by atoms with Gasteiger partial charge >= 0.3 is 6.09 Å². The number of fused-ring (bicyclic) bond motifs is 1. The molecule has 156 valence electrons. The molecule has 1 amide bonds. The molecule has 3 N–H and O–H groups in total. The summed E-state index contributed by atoms with van der Waals surface area (Å²) in [6, 6.07) is 2.05. The molecule has 0 aromatic heterocycles. The minimum absolute atomic E-state index is 0.0190. The van der Waals surface area contributed by atoms with Crippen LogP contribution in [0.15, 0.2) is 60.4 Å². The van der Waals surface area contributed by atoms with Gasteiger partial charge in [-0.2, -0.15) is 0 Å². The van der Waals surface area contributed by atoms with E-state index in [9.17, 15) is 18.4 Å². The maximum absolute atomic E-state index is 14.8. The number of cyclic esters (lactones) is 1. The monoisotopic (exact) mass is 413 g/mol. The summed E-state index contributed by atoms with van der Waals surface area (Å²) in [5, 5.41) is 2.60. The third-order valence-electron chi connectivity index (χ3n) is 5.54. The van der Waals surface area contributed by atoms with Gasteiger partial charge in [-0.25, -0.2) is 13.6 Å². The van der Waals surface area contributed by atoms with Gasteiger partial charge in [-0.15, -0.1) is 0 Å². The lowest BCUT2D eigenvalue weighted by Crippen LogP contribution is -2.27. The number of hydrogen-bond acceptors (Lipinski definition) is 5. The number of allylic oxidation sites excluding steroid dienone is 7. The first kappa shape index (κ1) is 20.0. The van der Waals surface area contributed by atoms with E-state index in [2.05, 4.69) is 5.32 Å². The lowest BCUT2D eigenvalue weighted by atomic mass is 9.74. The van der Waals surface area contributed by atoms with Crippen LogP contribution in [0.25, 0.3) is 0 Å². The molecule has 0 spiro atoms. The van der Waals surface area contributed by atoms with Crippen LogP contribution in [0.2, 0.25) is 0 Å². The number of ketones is 1. The summed E-state index contributed by atoms with van der Waals surface area (Å²) in [4.78, 5) is 25.6. The van der Waals surface area contributed by atoms with Crippen molar-refractivity contribution in [3.8, 4) is 0 Å². The number of rotatable bonds is 4. The van der Waals surface area contributed by atoms with Crippen LogP contribution in [0.1, 0.15) is 6.92 Å². The molecule has 1 aromatic carbocycles. The number of hydrogen-bond donors (Lipinski definition) is 2. The van der Waals surface area contributed by atoms with Crippen molar-refractivity contribution in [3.63, 3.8) is 0 Å². The number of carbonyl (C=O) groups excluding carboxylic acids is 2. The predicted molar refractivity (Wildman–Crippen MR) is 109 cm³/mol. The standard InChI is InChI=1S/C22H21F2N3O3/c1-22-6-3-2-4-13(22)8-18(19(28)5-7-22)26-20-16(23)9-14(10-17(20)24)27-12-15(11-25)30-21(27)29/h2-10,13,15,26H,11-12,25H2,1H3/t13?,15-,22?/m0/s1. The van der Waals surface area contributed by atoms with Gasteiger partial charge in [0.2, 0.25) is 5.78 Å². The third-order valence-corrected chi connectivity index (χ3v) is 5.54. The molecule has 3 aliphatic rings. The van der Waals surface area contributed by atoms with Crippen molar-refractivity contribution in [1.82, 2.24) is 0 Å². The molecule has 2 aliphatic carbocycles. The molecule has 0 bridgehead atoms. The van der Waals surface area contributed by atoms with E-state index < -0.39 is 34.9 Å². The number of anilines is 2. The Labute approximate surface area is 172 Å². The summed E-state index contributed by atoms with van der Waals surface area (Å²) in [7, 11) is 0. The van der Waals surface area contributed by atoms with Crippen molar-refractivity contribution in [2.24, 2.45) is 17.1 Å². The van der Waals surface area contributed by atoms with Gasteiger partial charge in [-0.3, -0.25) is 9.69 Å². The average Bonchev–Trinajstić information content (AvgIpc) is 3.04. The van der Waals surface area contributed by atoms with Crippen LogP contribution < -0.4 is 16.0 Å². The molecule has 3 atom stereocenters. The number of carbonyl (C=O) groups is 2. The second kappa shape index (κ2) is 7.53. The molecule has 1 saturated heterocycles. The first-order valence-corrected chi connectivity index (χ1v) is 9.56. The summed E-state index contributed by atoms with van der Waals surface area (Å²) in [5.74, 6) is -2.40. The van der Waals surface area contributed by atoms with Gasteiger partial charge in [0.15, 0.2) is 11.6 Å². The number of nitrogens with two attached hydrogens (primary N) is 1. The number of benzene rings is 1. The third kappa shape index (κ3) is 3.54. The largest absolute Gasteiger partial charge is 0.443 e. The zero-order valence-electron chi connectivity index (χ0n) is 16.3. The van der Waals surface area contributed by atoms with Crippen molar-refractivity contribution in [2.75, 3.05) is 23.3 Å². The molecular weight excluding hydrogens is 392 g/mol. The molecule has 0 radical (unpaired) electrons. The average molecular weight is 413 g/mol. The van der Waals surface area contributed by atoms with Crippen LogP contribution in [0, 0.1) is 23.0 Å². The van der Waals surface area contributed by atoms with Crippen molar-refractivity contribution in [1.29, 1.82) is 0 Å². The number of nitrogens with zero attached hydrogens (tertiary/aromatic N) is 1. The van der Waals surface area contributed by atoms with Crippen LogP contribution in [0.5, 0.6) is 0 Å². The van der Waals surface area contributed by atoms with E-state index in [0.717, 1.165) is 17.0 Å². The summed E-state index contributed by atoms with van der Waals surface area (Å²) in [6.45, 7) is 2.19. The zero-order chi connectivity index (χ0) is 21.5. The molecule has 1 aliphatic heterocycles. The van der Waals surface area contributed by atoms with Crippen LogP contribution in [-0.2, 0) is 9.53 Å². The van der Waals surface area contributed by atoms with Crippen LogP contribution >= 0.6 is 0 Å². The van der Waals surface area contributed by atoms with E-state index in [1.807, 2.05) is 31.2 Å². The van der Waals surface area contributed by atoms with E-state index in [1.165, 1.54) is 6.08 Å². The van der Waals surface area contributed by atoms with Crippen molar-refractivity contribution in [2.45, 2.75) is 13.0 Å². The summed E-state index contributed by atoms with van der Waals surface area (Å²) in [5.41, 5.74) is 4.73. The second-order valence-electron chi connectivity index (χ2n) is 7.68. The summed E-state index contributed by atoms with van der Waals surface area (Å²) < 4.78 is 34.6. The predicted octanol–water partition coefficient (Wildman–Crippen LogP) is 3.43. The Hall–Kier alpha value is -3.26. The quantitative estimate of drug-likeness (QED) is 0.790. The minimum Gasteiger partial charge on any atom is -0.443 e. The highest BCUT2D eigenvalue weighted by molar-refractivity contribution is 6.06. The fourth-order valence-electron chi connectivity index (χ4n) is 3.70. The second-order valence-corrected chi connectivity index (χ2v) is 7.68. The van der Waals surface area contributed by atoms with Crippen molar-refractivity contribution >= 4 is 23.3 Å². The Kier molecular flexibility index (Phi) is 5.03. The lowest BCUT2D eigenvalue weighted by molar-refractivity contribution is -0.111. The molecule has 4 rings (SSSR count). The van der Waals surface area contributed by atoms with Crippen LogP contribution in [0.4, 0.5) is 25.0 Å². The number of amides is 1. The Morgan fingerprint density at radius 1 is 1.23 bits per heavy atom. The molecule has 8 heteroatoms. The van der Waals surface area contributed by atoms with Gasteiger partial charge in [0.1, 0.15) is 11.8 Å². The van der Waals surface area contributed by atoms with E-state index in [-0.39, 0.29) is 36.2 Å². The van der Waals surface area contributed by atoms with Crippen molar-refractivity contribution in [3.05, 3.63) is 72.0 Å². The molecule has 0 saturated carbocycles. The van der Waals surface area contributed by atoms with Crippen molar-refractivity contribution < 1.29 is 23.1 Å². The highest BCUT2D eigenvalue weighted by atomic mass is 19.1. The number of halogens is 2. The summed E-state index contributed by atoms with van der Waals surface area (Å²) in [6.07, 6.45) is 11.3. The molecule has 2 unspecified atom stereocenters. The molecule has 6 nitrogen and oxygen atoms in total. The van der Waals surface area contributed by atoms with Gasteiger partial charge in [0.25, 0.3) is 0 Å². The molecule has 1 aromatic rings. The Morgan fingerprint density at radius 2 is 1.97 bits per heavy atom. The smallest absolute Gasteiger partial charge is 0.414 e. The van der Waals surface area contributed by atoms with Gasteiger partial charge in [0.05, 0.1) is 17.9 Å². The maximum atomic E-state index is 14.8. The lowest BCUT2D eigenvalue weighted by Gasteiger charge is -2.29. The highest BCUT2D eigenvalue weighted by Crippen LogP contribution is 2.38. The van der Waals surface area contributed by atoms with E-state index in [1.54, 1.807) is 12.2 Å². The molecular formula is C22H21F2N3O3. The van der Waals surface area contributed by atoms with E-state index in [4.69, 9.17) is 10.5 Å². The van der Waals surface area contributed by atoms with Crippen LogP contribution in [0.3, 0.4) is 0 Å². The zero-order valence-corrected chi connectivity index (χ0v) is 16.3. The number of ether oxygens (including phenoxy) is 1. The van der Waals surface area contributed by atoms with E-state index in [0.29, 0.717) is 0 Å². The normalized spacial score (nSPS) is 27.6. The maximum Gasteiger partial charge on any atom is 0.414 e. The first-order valence-electron chi connectivity index (χ1n) is 9.56. The fraction of sp³-hybridized carbons (Fsp3) is 0.273. The number of nitrogens with one attached hydrogen (secondary N) is 1. The van der Waals surface area contributed by atoms with E-state index >= 15 is 0 Å². The fourth-order valence-corrected chi connectivity index (χ4v) is 3.70. The van der Waals surface area contributed by atoms with Gasteiger partial charge in [-0.1, -0.05) is 37.3 Å². The van der Waals surface area contributed by atoms with Gasteiger partial charge in [0, 0.05) is 30.0 Å². The topological polar surface area (TPSA) is 84.7 Å². The van der Waals surface area contributed by atoms with Gasteiger partial charge < -0.3 is 15.8 Å². The minimum atomic E-state index is -0.933. The van der Waals surface area contributed by atoms with Crippen LogP contribution in [-0.4, -0.2) is 31.1 Å².